The molecule has 1 aromatic carbocycles. The van der Waals surface area contributed by atoms with Crippen LogP contribution in [0.5, 0.6) is 0 Å². The van der Waals surface area contributed by atoms with Gasteiger partial charge in [-0.3, -0.25) is 4.90 Å². The highest BCUT2D eigenvalue weighted by molar-refractivity contribution is 5.19. The van der Waals surface area contributed by atoms with Crippen molar-refractivity contribution in [3.8, 4) is 0 Å². The van der Waals surface area contributed by atoms with Crippen LogP contribution in [-0.2, 0) is 0 Å². The average Bonchev–Trinajstić information content (AvgIpc) is 2.77. The van der Waals surface area contributed by atoms with Crippen molar-refractivity contribution >= 4 is 0 Å². The largest absolute Gasteiger partial charge is 0.313 e. The van der Waals surface area contributed by atoms with Crippen LogP contribution in [0.4, 0.5) is 0 Å². The molecule has 0 aliphatic carbocycles. The normalized spacial score (nSPS) is 30.6. The predicted octanol–water partition coefficient (Wildman–Crippen LogP) is 3.07. The maximum absolute atomic E-state index is 3.54. The lowest BCUT2D eigenvalue weighted by Gasteiger charge is -2.30. The highest BCUT2D eigenvalue weighted by Gasteiger charge is 2.42. The lowest BCUT2D eigenvalue weighted by atomic mass is 9.87. The van der Waals surface area contributed by atoms with Crippen LogP contribution in [0.3, 0.4) is 0 Å². The summed E-state index contributed by atoms with van der Waals surface area (Å²) in [6.07, 6.45) is 1.25. The van der Waals surface area contributed by atoms with E-state index in [0.29, 0.717) is 6.04 Å². The number of likely N-dealkylation sites (N-methyl/N-ethyl adjacent to an activating group) is 1. The van der Waals surface area contributed by atoms with Crippen molar-refractivity contribution in [1.29, 1.82) is 0 Å². The summed E-state index contributed by atoms with van der Waals surface area (Å²) < 4.78 is 0. The maximum atomic E-state index is 3.54. The van der Waals surface area contributed by atoms with E-state index in [1.807, 2.05) is 0 Å². The van der Waals surface area contributed by atoms with Crippen LogP contribution in [0.1, 0.15) is 38.8 Å². The molecule has 2 unspecified atom stereocenters. The first kappa shape index (κ1) is 13.6. The SMILES string of the molecule is CCC1CN([C@H](C)c2ccccc2)CC1(C)NC. The molecule has 1 aromatic rings. The van der Waals surface area contributed by atoms with Gasteiger partial charge in [0.2, 0.25) is 0 Å². The summed E-state index contributed by atoms with van der Waals surface area (Å²) >= 11 is 0. The summed E-state index contributed by atoms with van der Waals surface area (Å²) in [5.41, 5.74) is 1.69. The first-order valence-corrected chi connectivity index (χ1v) is 7.08. The van der Waals surface area contributed by atoms with Gasteiger partial charge in [-0.2, -0.15) is 0 Å². The van der Waals surface area contributed by atoms with Crippen molar-refractivity contribution in [2.24, 2.45) is 5.92 Å². The van der Waals surface area contributed by atoms with Gasteiger partial charge in [-0.1, -0.05) is 43.7 Å². The Hall–Kier alpha value is -0.860. The van der Waals surface area contributed by atoms with Crippen LogP contribution < -0.4 is 5.32 Å². The first-order chi connectivity index (χ1) is 8.60. The van der Waals surface area contributed by atoms with Gasteiger partial charge in [0, 0.05) is 24.7 Å². The Morgan fingerprint density at radius 2 is 2.06 bits per heavy atom. The molecule has 1 aliphatic heterocycles. The topological polar surface area (TPSA) is 15.3 Å². The molecule has 0 radical (unpaired) electrons. The molecule has 2 rings (SSSR count). The molecule has 0 amide bonds. The third-order valence-electron chi connectivity index (χ3n) is 4.78. The fourth-order valence-corrected chi connectivity index (χ4v) is 3.20. The van der Waals surface area contributed by atoms with Gasteiger partial charge in [0.25, 0.3) is 0 Å². The Bertz CT molecular complexity index is 376. The molecule has 1 N–H and O–H groups in total. The Morgan fingerprint density at radius 1 is 1.39 bits per heavy atom. The van der Waals surface area contributed by atoms with Crippen LogP contribution >= 0.6 is 0 Å². The van der Waals surface area contributed by atoms with Crippen LogP contribution in [0.2, 0.25) is 0 Å². The summed E-state index contributed by atoms with van der Waals surface area (Å²) in [6.45, 7) is 9.32. The van der Waals surface area contributed by atoms with Crippen LogP contribution in [0.25, 0.3) is 0 Å². The third-order valence-corrected chi connectivity index (χ3v) is 4.78. The summed E-state index contributed by atoms with van der Waals surface area (Å²) in [7, 11) is 2.10. The second kappa shape index (κ2) is 5.41. The number of benzene rings is 1. The smallest absolute Gasteiger partial charge is 0.0320 e. The van der Waals surface area contributed by atoms with Gasteiger partial charge in [-0.05, 0) is 32.4 Å². The van der Waals surface area contributed by atoms with Gasteiger partial charge in [0.1, 0.15) is 0 Å². The van der Waals surface area contributed by atoms with Crippen molar-refractivity contribution in [3.63, 3.8) is 0 Å². The number of rotatable bonds is 4. The molecule has 3 atom stereocenters. The van der Waals surface area contributed by atoms with Gasteiger partial charge in [-0.25, -0.2) is 0 Å². The van der Waals surface area contributed by atoms with E-state index in [4.69, 9.17) is 0 Å². The fourth-order valence-electron chi connectivity index (χ4n) is 3.20. The van der Waals surface area contributed by atoms with Gasteiger partial charge in [0.05, 0.1) is 0 Å². The Morgan fingerprint density at radius 3 is 2.56 bits per heavy atom. The molecule has 0 bridgehead atoms. The maximum Gasteiger partial charge on any atom is 0.0320 e. The molecule has 1 fully saturated rings. The van der Waals surface area contributed by atoms with Crippen LogP contribution in [0.15, 0.2) is 30.3 Å². The zero-order valence-corrected chi connectivity index (χ0v) is 12.1. The Labute approximate surface area is 111 Å². The van der Waals surface area contributed by atoms with E-state index < -0.39 is 0 Å². The van der Waals surface area contributed by atoms with Crippen molar-refractivity contribution < 1.29 is 0 Å². The zero-order chi connectivity index (χ0) is 13.2. The molecule has 2 heteroatoms. The number of likely N-dealkylation sites (tertiary alicyclic amines) is 1. The van der Waals surface area contributed by atoms with E-state index in [-0.39, 0.29) is 5.54 Å². The average molecular weight is 246 g/mol. The third kappa shape index (κ3) is 2.45. The van der Waals surface area contributed by atoms with E-state index in [1.54, 1.807) is 0 Å². The van der Waals surface area contributed by atoms with Crippen molar-refractivity contribution in [3.05, 3.63) is 35.9 Å². The van der Waals surface area contributed by atoms with Crippen molar-refractivity contribution in [2.45, 2.75) is 38.8 Å². The molecule has 18 heavy (non-hydrogen) atoms. The molecule has 0 spiro atoms. The minimum absolute atomic E-state index is 0.262. The van der Waals surface area contributed by atoms with Crippen molar-refractivity contribution in [2.75, 3.05) is 20.1 Å². The van der Waals surface area contributed by atoms with E-state index in [1.165, 1.54) is 18.5 Å². The van der Waals surface area contributed by atoms with Crippen LogP contribution in [-0.4, -0.2) is 30.6 Å². The molecule has 100 valence electrons. The molecular formula is C16H26N2. The molecule has 0 aromatic heterocycles. The standard InChI is InChI=1S/C16H26N2/c1-5-15-11-18(12-16(15,3)17-4)13(2)14-9-7-6-8-10-14/h6-10,13,15,17H,5,11-12H2,1-4H3/t13-,15?,16?/m1/s1. The lowest BCUT2D eigenvalue weighted by molar-refractivity contribution is 0.240. The first-order valence-electron chi connectivity index (χ1n) is 7.08. The summed E-state index contributed by atoms with van der Waals surface area (Å²) in [4.78, 5) is 2.61. The number of nitrogens with one attached hydrogen (secondary N) is 1. The zero-order valence-electron chi connectivity index (χ0n) is 12.1. The highest BCUT2D eigenvalue weighted by Crippen LogP contribution is 2.34. The molecule has 1 aliphatic rings. The monoisotopic (exact) mass is 246 g/mol. The number of hydrogen-bond donors (Lipinski definition) is 1. The molecular weight excluding hydrogens is 220 g/mol. The predicted molar refractivity (Wildman–Crippen MR) is 77.7 cm³/mol. The van der Waals surface area contributed by atoms with E-state index in [0.717, 1.165) is 12.5 Å². The lowest BCUT2D eigenvalue weighted by Crippen LogP contribution is -2.47. The second-order valence-corrected chi connectivity index (χ2v) is 5.79. The van der Waals surface area contributed by atoms with Crippen molar-refractivity contribution in [1.82, 2.24) is 10.2 Å². The number of nitrogens with zero attached hydrogens (tertiary/aromatic N) is 1. The Balaban J connectivity index is 2.12. The summed E-state index contributed by atoms with van der Waals surface area (Å²) in [5, 5.41) is 3.54. The minimum Gasteiger partial charge on any atom is -0.313 e. The summed E-state index contributed by atoms with van der Waals surface area (Å²) in [6, 6.07) is 11.3. The van der Waals surface area contributed by atoms with Gasteiger partial charge in [-0.15, -0.1) is 0 Å². The summed E-state index contributed by atoms with van der Waals surface area (Å²) in [5.74, 6) is 0.744. The highest BCUT2D eigenvalue weighted by atomic mass is 15.2. The fraction of sp³-hybridized carbons (Fsp3) is 0.625. The van der Waals surface area contributed by atoms with Gasteiger partial charge >= 0.3 is 0 Å². The molecule has 0 saturated carbocycles. The van der Waals surface area contributed by atoms with E-state index >= 15 is 0 Å². The minimum atomic E-state index is 0.262. The van der Waals surface area contributed by atoms with E-state index in [2.05, 4.69) is 68.4 Å². The number of hydrogen-bond acceptors (Lipinski definition) is 2. The second-order valence-electron chi connectivity index (χ2n) is 5.79. The Kier molecular flexibility index (Phi) is 4.08. The molecule has 1 saturated heterocycles. The van der Waals surface area contributed by atoms with Gasteiger partial charge < -0.3 is 5.32 Å². The quantitative estimate of drug-likeness (QED) is 0.878. The van der Waals surface area contributed by atoms with Gasteiger partial charge in [0.15, 0.2) is 0 Å². The van der Waals surface area contributed by atoms with E-state index in [9.17, 15) is 0 Å². The molecule has 1 heterocycles. The molecule has 2 nitrogen and oxygen atoms in total. The van der Waals surface area contributed by atoms with Crippen LogP contribution in [0, 0.1) is 5.92 Å².